The smallest absolute Gasteiger partial charge is 0.163 e. The zero-order chi connectivity index (χ0) is 15.4. The second-order valence-electron chi connectivity index (χ2n) is 4.76. The van der Waals surface area contributed by atoms with E-state index in [1.165, 1.54) is 4.90 Å². The van der Waals surface area contributed by atoms with Gasteiger partial charge in [0.05, 0.1) is 31.2 Å². The first kappa shape index (κ1) is 16.3. The van der Waals surface area contributed by atoms with Crippen LogP contribution in [0.2, 0.25) is 0 Å². The maximum atomic E-state index is 11.5. The van der Waals surface area contributed by atoms with E-state index in [9.17, 15) is 4.21 Å². The molecule has 0 aliphatic carbocycles. The number of rotatable bonds is 5. The van der Waals surface area contributed by atoms with Gasteiger partial charge in [0.2, 0.25) is 0 Å². The van der Waals surface area contributed by atoms with Crippen molar-refractivity contribution in [3.05, 3.63) is 36.4 Å². The number of benzene rings is 1. The van der Waals surface area contributed by atoms with Crippen molar-refractivity contribution in [3.8, 4) is 5.75 Å². The standard InChI is InChI=1S/C16H22NO2S2/c1-5-13-14(6-2)16(8-7-15(13)19-3)21-11-9-17(10-12-21)20(4)18/h5-8H,1-2,9-12H2,3-4H3/q+1. The van der Waals surface area contributed by atoms with Crippen molar-refractivity contribution in [1.29, 1.82) is 0 Å². The summed E-state index contributed by atoms with van der Waals surface area (Å²) < 4.78 is 19.0. The first-order valence-corrected chi connectivity index (χ1v) is 9.92. The second-order valence-corrected chi connectivity index (χ2v) is 8.36. The normalized spacial score (nSPS) is 18.2. The SMILES string of the molecule is C=Cc1c(OC)ccc([S+]2CCN(S(C)=O)CC2)c1C=C. The lowest BCUT2D eigenvalue weighted by Gasteiger charge is -2.25. The van der Waals surface area contributed by atoms with Crippen LogP contribution in [0.15, 0.2) is 30.2 Å². The first-order valence-electron chi connectivity index (χ1n) is 6.84. The summed E-state index contributed by atoms with van der Waals surface area (Å²) in [7, 11) is 0.983. The highest BCUT2D eigenvalue weighted by Gasteiger charge is 2.32. The molecular weight excluding hydrogens is 302 g/mol. The lowest BCUT2D eigenvalue weighted by molar-refractivity contribution is 0.413. The lowest BCUT2D eigenvalue weighted by Crippen LogP contribution is -2.41. The third-order valence-corrected chi connectivity index (χ3v) is 7.11. The minimum atomic E-state index is -0.860. The summed E-state index contributed by atoms with van der Waals surface area (Å²) in [6.45, 7) is 9.63. The topological polar surface area (TPSA) is 29.5 Å². The largest absolute Gasteiger partial charge is 0.496 e. The molecule has 1 heterocycles. The quantitative estimate of drug-likeness (QED) is 0.779. The van der Waals surface area contributed by atoms with E-state index >= 15 is 0 Å². The van der Waals surface area contributed by atoms with Crippen molar-refractivity contribution in [3.63, 3.8) is 0 Å². The van der Waals surface area contributed by atoms with E-state index in [1.807, 2.05) is 22.5 Å². The van der Waals surface area contributed by atoms with Crippen molar-refractivity contribution in [2.24, 2.45) is 0 Å². The number of methoxy groups -OCH3 is 1. The fraction of sp³-hybridized carbons (Fsp3) is 0.375. The number of hydrogen-bond acceptors (Lipinski definition) is 2. The van der Waals surface area contributed by atoms with Gasteiger partial charge in [-0.15, -0.1) is 0 Å². The Morgan fingerprint density at radius 1 is 1.24 bits per heavy atom. The monoisotopic (exact) mass is 324 g/mol. The van der Waals surface area contributed by atoms with E-state index in [0.29, 0.717) is 0 Å². The highest BCUT2D eigenvalue weighted by Crippen LogP contribution is 2.32. The number of nitrogens with zero attached hydrogens (tertiary/aromatic N) is 1. The summed E-state index contributed by atoms with van der Waals surface area (Å²) in [6, 6.07) is 4.15. The molecular formula is C16H22NO2S2+. The van der Waals surface area contributed by atoms with Crippen molar-refractivity contribution in [2.45, 2.75) is 4.90 Å². The number of ether oxygens (including phenoxy) is 1. The third kappa shape index (κ3) is 3.42. The molecule has 1 aromatic carbocycles. The average molecular weight is 324 g/mol. The highest BCUT2D eigenvalue weighted by molar-refractivity contribution is 7.97. The van der Waals surface area contributed by atoms with Gasteiger partial charge in [-0.25, -0.2) is 8.51 Å². The maximum absolute atomic E-state index is 11.5. The Kier molecular flexibility index (Phi) is 5.67. The van der Waals surface area contributed by atoms with Crippen LogP contribution >= 0.6 is 0 Å². The van der Waals surface area contributed by atoms with Gasteiger partial charge in [0, 0.05) is 28.3 Å². The van der Waals surface area contributed by atoms with Gasteiger partial charge >= 0.3 is 0 Å². The summed E-state index contributed by atoms with van der Waals surface area (Å²) in [5.41, 5.74) is 2.14. The molecule has 0 N–H and O–H groups in total. The Bertz CT molecular complexity index is 564. The molecule has 1 fully saturated rings. The molecule has 1 aliphatic rings. The molecule has 1 aliphatic heterocycles. The predicted octanol–water partition coefficient (Wildman–Crippen LogP) is 2.57. The second kappa shape index (κ2) is 7.29. The molecule has 0 aromatic heterocycles. The molecule has 0 spiro atoms. The molecule has 1 aromatic rings. The molecule has 0 radical (unpaired) electrons. The fourth-order valence-corrected chi connectivity index (χ4v) is 5.78. The van der Waals surface area contributed by atoms with Gasteiger partial charge in [0.1, 0.15) is 17.3 Å². The van der Waals surface area contributed by atoms with Crippen molar-refractivity contribution in [2.75, 3.05) is 38.0 Å². The van der Waals surface area contributed by atoms with Crippen LogP contribution in [0.3, 0.4) is 0 Å². The minimum absolute atomic E-state index is 0.170. The van der Waals surface area contributed by atoms with E-state index in [1.54, 1.807) is 13.4 Å². The molecule has 114 valence electrons. The van der Waals surface area contributed by atoms with Crippen LogP contribution < -0.4 is 4.74 Å². The summed E-state index contributed by atoms with van der Waals surface area (Å²) in [5, 5.41) is 0. The predicted molar refractivity (Wildman–Crippen MR) is 94.2 cm³/mol. The minimum Gasteiger partial charge on any atom is -0.496 e. The van der Waals surface area contributed by atoms with Crippen LogP contribution in [0, 0.1) is 0 Å². The Morgan fingerprint density at radius 2 is 1.86 bits per heavy atom. The van der Waals surface area contributed by atoms with Crippen LogP contribution in [-0.2, 0) is 21.9 Å². The van der Waals surface area contributed by atoms with Gasteiger partial charge in [-0.05, 0) is 12.1 Å². The summed E-state index contributed by atoms with van der Waals surface area (Å²) >= 11 is 0. The van der Waals surface area contributed by atoms with Gasteiger partial charge in [-0.2, -0.15) is 0 Å². The van der Waals surface area contributed by atoms with Crippen LogP contribution in [-0.4, -0.2) is 46.5 Å². The Labute approximate surface area is 132 Å². The summed E-state index contributed by atoms with van der Waals surface area (Å²) in [5.74, 6) is 2.92. The van der Waals surface area contributed by atoms with Crippen LogP contribution in [0.5, 0.6) is 5.75 Å². The molecule has 1 atom stereocenters. The van der Waals surface area contributed by atoms with Gasteiger partial charge in [0.25, 0.3) is 0 Å². The lowest BCUT2D eigenvalue weighted by atomic mass is 10.1. The van der Waals surface area contributed by atoms with Gasteiger partial charge < -0.3 is 4.74 Å². The molecule has 5 heteroatoms. The zero-order valence-corrected chi connectivity index (χ0v) is 14.3. The molecule has 1 saturated heterocycles. The molecule has 1 unspecified atom stereocenters. The van der Waals surface area contributed by atoms with Crippen LogP contribution in [0.1, 0.15) is 11.1 Å². The highest BCUT2D eigenvalue weighted by atomic mass is 32.2. The van der Waals surface area contributed by atoms with E-state index in [2.05, 4.69) is 19.2 Å². The van der Waals surface area contributed by atoms with Crippen molar-refractivity contribution < 1.29 is 8.95 Å². The van der Waals surface area contributed by atoms with E-state index in [4.69, 9.17) is 4.74 Å². The van der Waals surface area contributed by atoms with Crippen LogP contribution in [0.25, 0.3) is 12.2 Å². The van der Waals surface area contributed by atoms with Crippen LogP contribution in [0.4, 0.5) is 0 Å². The molecule has 0 saturated carbocycles. The van der Waals surface area contributed by atoms with E-state index in [0.717, 1.165) is 41.5 Å². The van der Waals surface area contributed by atoms with E-state index < -0.39 is 11.0 Å². The average Bonchev–Trinajstić information content (AvgIpc) is 2.53. The summed E-state index contributed by atoms with van der Waals surface area (Å²) in [6.07, 6.45) is 5.48. The summed E-state index contributed by atoms with van der Waals surface area (Å²) in [4.78, 5) is 1.32. The number of hydrogen-bond donors (Lipinski definition) is 0. The van der Waals surface area contributed by atoms with Crippen molar-refractivity contribution in [1.82, 2.24) is 4.31 Å². The van der Waals surface area contributed by atoms with Gasteiger partial charge in [-0.3, -0.25) is 0 Å². The third-order valence-electron chi connectivity index (χ3n) is 3.68. The zero-order valence-electron chi connectivity index (χ0n) is 12.6. The van der Waals surface area contributed by atoms with Gasteiger partial charge in [-0.1, -0.05) is 25.3 Å². The van der Waals surface area contributed by atoms with E-state index in [-0.39, 0.29) is 10.9 Å². The molecule has 2 rings (SSSR count). The first-order chi connectivity index (χ1) is 10.1. The molecule has 0 bridgehead atoms. The maximum Gasteiger partial charge on any atom is 0.163 e. The Hall–Kier alpha value is -1.04. The Balaban J connectivity index is 2.31. The fourth-order valence-electron chi connectivity index (χ4n) is 2.56. The van der Waals surface area contributed by atoms with Gasteiger partial charge in [0.15, 0.2) is 4.90 Å². The Morgan fingerprint density at radius 3 is 2.33 bits per heavy atom. The molecule has 0 amide bonds. The van der Waals surface area contributed by atoms with Crippen molar-refractivity contribution >= 4 is 34.0 Å². The molecule has 3 nitrogen and oxygen atoms in total. The molecule has 21 heavy (non-hydrogen) atoms.